The Hall–Kier alpha value is -0.560. The van der Waals surface area contributed by atoms with Gasteiger partial charge in [0.1, 0.15) is 24.9 Å². The monoisotopic (exact) mass is 322 g/mol. The van der Waals surface area contributed by atoms with Crippen molar-refractivity contribution in [3.63, 3.8) is 0 Å². The van der Waals surface area contributed by atoms with Crippen molar-refractivity contribution in [2.45, 2.75) is 77.4 Å². The van der Waals surface area contributed by atoms with Crippen molar-refractivity contribution in [2.75, 3.05) is 32.9 Å². The van der Waals surface area contributed by atoms with E-state index < -0.39 is 0 Å². The van der Waals surface area contributed by atoms with Gasteiger partial charge in [0.25, 0.3) is 0 Å². The van der Waals surface area contributed by atoms with Crippen molar-refractivity contribution in [3.8, 4) is 11.8 Å². The highest BCUT2D eigenvalue weighted by Crippen LogP contribution is 2.31. The van der Waals surface area contributed by atoms with E-state index in [0.29, 0.717) is 12.0 Å². The average molecular weight is 323 g/mol. The Bertz CT molecular complexity index is 384. The van der Waals surface area contributed by atoms with Crippen LogP contribution in [0.1, 0.15) is 65.7 Å². The van der Waals surface area contributed by atoms with Crippen LogP contribution in [0.5, 0.6) is 0 Å². The molecule has 3 heteroatoms. The second-order valence-electron chi connectivity index (χ2n) is 7.73. The molecule has 1 atom stereocenters. The molecule has 0 unspecified atom stereocenters. The molecule has 2 rings (SSSR count). The van der Waals surface area contributed by atoms with Gasteiger partial charge in [-0.05, 0) is 38.5 Å². The van der Waals surface area contributed by atoms with E-state index in [1.54, 1.807) is 4.90 Å². The molecule has 1 aliphatic carbocycles. The third kappa shape index (κ3) is 6.10. The molecule has 1 saturated carbocycles. The molecule has 0 aromatic carbocycles. The second-order valence-corrected chi connectivity index (χ2v) is 7.73. The lowest BCUT2D eigenvalue weighted by Gasteiger charge is -2.35. The molecular weight excluding hydrogens is 286 g/mol. The van der Waals surface area contributed by atoms with Crippen LogP contribution in [0.2, 0.25) is 0 Å². The van der Waals surface area contributed by atoms with Gasteiger partial charge < -0.3 is 14.4 Å². The minimum Gasteiger partial charge on any atom is -0.375 e. The number of nitrogens with one attached hydrogen (secondary N) is 1. The molecule has 23 heavy (non-hydrogen) atoms. The van der Waals surface area contributed by atoms with E-state index in [-0.39, 0.29) is 5.60 Å². The Morgan fingerprint density at radius 1 is 0.957 bits per heavy atom. The number of quaternary nitrogens is 1. The van der Waals surface area contributed by atoms with Crippen molar-refractivity contribution < 1.29 is 14.4 Å². The molecule has 0 amide bonds. The summed E-state index contributed by atoms with van der Waals surface area (Å²) in [5, 5.41) is 0. The third-order valence-electron chi connectivity index (χ3n) is 5.17. The Morgan fingerprint density at radius 3 is 2.26 bits per heavy atom. The topological polar surface area (TPSA) is 22.9 Å². The molecule has 2 aliphatic rings. The number of ether oxygens (including phenoxy) is 2. The number of hydrogen-bond acceptors (Lipinski definition) is 2. The first-order chi connectivity index (χ1) is 11.2. The summed E-state index contributed by atoms with van der Waals surface area (Å²) in [7, 11) is 0. The number of hydrogen-bond donors (Lipinski definition) is 1. The van der Waals surface area contributed by atoms with Crippen LogP contribution >= 0.6 is 0 Å². The van der Waals surface area contributed by atoms with Gasteiger partial charge in [-0.2, -0.15) is 0 Å². The van der Waals surface area contributed by atoms with E-state index in [0.717, 1.165) is 32.7 Å². The first-order valence-electron chi connectivity index (χ1n) is 9.65. The average Bonchev–Trinajstić information content (AvgIpc) is 3.06. The fraction of sp³-hybridized carbons (Fsp3) is 0.900. The van der Waals surface area contributed by atoms with Gasteiger partial charge in [0.15, 0.2) is 0 Å². The van der Waals surface area contributed by atoms with Gasteiger partial charge in [0.05, 0.1) is 13.1 Å². The molecule has 1 aliphatic heterocycles. The Kier molecular flexibility index (Phi) is 7.89. The molecule has 0 aromatic heterocycles. The molecule has 1 N–H and O–H groups in total. The minimum absolute atomic E-state index is 0.178. The second kappa shape index (κ2) is 9.67. The standard InChI is InChI=1S/C20H35NO2/c1-4-10-20(11-6-5-7-12-20)23-17-19(16-22-15-18(2)3)21-13-8-9-14-21/h18-19H,5-9,11-17H2,1-3H3/p+1/t19-/m0/s1. The summed E-state index contributed by atoms with van der Waals surface area (Å²) in [4.78, 5) is 1.67. The van der Waals surface area contributed by atoms with Gasteiger partial charge in [0, 0.05) is 19.4 Å². The molecular formula is C20H36NO2+. The molecule has 1 saturated heterocycles. The maximum absolute atomic E-state index is 6.47. The van der Waals surface area contributed by atoms with Crippen LogP contribution in [0, 0.1) is 17.8 Å². The van der Waals surface area contributed by atoms with Crippen LogP contribution < -0.4 is 4.90 Å². The molecule has 2 fully saturated rings. The van der Waals surface area contributed by atoms with Crippen molar-refractivity contribution in [1.82, 2.24) is 0 Å². The summed E-state index contributed by atoms with van der Waals surface area (Å²) in [5.41, 5.74) is -0.178. The lowest BCUT2D eigenvalue weighted by atomic mass is 9.85. The third-order valence-corrected chi connectivity index (χ3v) is 5.17. The number of likely N-dealkylation sites (tertiary alicyclic amines) is 1. The SMILES string of the molecule is CC#CC1(OC[C@H](COCC(C)C)[NH+]2CCCC2)CCCCC1. The Balaban J connectivity index is 1.90. The van der Waals surface area contributed by atoms with E-state index in [1.807, 2.05) is 6.92 Å². The van der Waals surface area contributed by atoms with E-state index in [2.05, 4.69) is 25.7 Å². The lowest BCUT2D eigenvalue weighted by Crippen LogP contribution is -3.15. The summed E-state index contributed by atoms with van der Waals surface area (Å²) in [6.07, 6.45) is 8.71. The zero-order chi connectivity index (χ0) is 16.5. The highest BCUT2D eigenvalue weighted by atomic mass is 16.5. The summed E-state index contributed by atoms with van der Waals surface area (Å²) in [5.74, 6) is 7.11. The molecule has 3 nitrogen and oxygen atoms in total. The molecule has 0 aromatic rings. The molecule has 132 valence electrons. The Morgan fingerprint density at radius 2 is 1.65 bits per heavy atom. The zero-order valence-corrected chi connectivity index (χ0v) is 15.5. The van der Waals surface area contributed by atoms with E-state index in [1.165, 1.54) is 45.2 Å². The van der Waals surface area contributed by atoms with Gasteiger partial charge in [0.2, 0.25) is 0 Å². The molecule has 1 heterocycles. The van der Waals surface area contributed by atoms with Gasteiger partial charge in [-0.1, -0.05) is 26.2 Å². The van der Waals surface area contributed by atoms with Crippen LogP contribution in [0.15, 0.2) is 0 Å². The first-order valence-corrected chi connectivity index (χ1v) is 9.65. The van der Waals surface area contributed by atoms with Crippen LogP contribution in [-0.4, -0.2) is 44.6 Å². The number of rotatable bonds is 8. The largest absolute Gasteiger partial charge is 0.375 e. The van der Waals surface area contributed by atoms with Crippen LogP contribution in [0.4, 0.5) is 0 Å². The molecule has 0 spiro atoms. The fourth-order valence-electron chi connectivity index (χ4n) is 3.88. The van der Waals surface area contributed by atoms with Gasteiger partial charge in [-0.3, -0.25) is 0 Å². The highest BCUT2D eigenvalue weighted by molar-refractivity contribution is 5.14. The maximum atomic E-state index is 6.47. The smallest absolute Gasteiger partial charge is 0.135 e. The predicted octanol–water partition coefficient (Wildman–Crippen LogP) is 2.45. The summed E-state index contributed by atoms with van der Waals surface area (Å²) >= 11 is 0. The fourth-order valence-corrected chi connectivity index (χ4v) is 3.88. The van der Waals surface area contributed by atoms with Crippen LogP contribution in [0.3, 0.4) is 0 Å². The normalized spacial score (nSPS) is 22.8. The predicted molar refractivity (Wildman–Crippen MR) is 94.6 cm³/mol. The lowest BCUT2D eigenvalue weighted by molar-refractivity contribution is -0.914. The van der Waals surface area contributed by atoms with Gasteiger partial charge in [-0.15, -0.1) is 5.92 Å². The zero-order valence-electron chi connectivity index (χ0n) is 15.5. The van der Waals surface area contributed by atoms with Gasteiger partial charge in [-0.25, -0.2) is 0 Å². The van der Waals surface area contributed by atoms with E-state index in [9.17, 15) is 0 Å². The van der Waals surface area contributed by atoms with Crippen molar-refractivity contribution in [3.05, 3.63) is 0 Å². The van der Waals surface area contributed by atoms with Crippen molar-refractivity contribution >= 4 is 0 Å². The van der Waals surface area contributed by atoms with E-state index in [4.69, 9.17) is 9.47 Å². The van der Waals surface area contributed by atoms with Gasteiger partial charge >= 0.3 is 0 Å². The Labute approximate surface area is 143 Å². The molecule has 0 radical (unpaired) electrons. The molecule has 0 bridgehead atoms. The van der Waals surface area contributed by atoms with Crippen LogP contribution in [0.25, 0.3) is 0 Å². The highest BCUT2D eigenvalue weighted by Gasteiger charge is 2.34. The van der Waals surface area contributed by atoms with Crippen molar-refractivity contribution in [2.24, 2.45) is 5.92 Å². The first kappa shape index (κ1) is 18.8. The van der Waals surface area contributed by atoms with E-state index >= 15 is 0 Å². The van der Waals surface area contributed by atoms with Crippen LogP contribution in [-0.2, 0) is 9.47 Å². The maximum Gasteiger partial charge on any atom is 0.135 e. The summed E-state index contributed by atoms with van der Waals surface area (Å²) in [6, 6.07) is 0.466. The quantitative estimate of drug-likeness (QED) is 0.694. The summed E-state index contributed by atoms with van der Waals surface area (Å²) < 4.78 is 12.4. The van der Waals surface area contributed by atoms with Crippen molar-refractivity contribution in [1.29, 1.82) is 0 Å². The minimum atomic E-state index is -0.178. The summed E-state index contributed by atoms with van der Waals surface area (Å²) in [6.45, 7) is 11.4.